The molecule has 0 radical (unpaired) electrons. The number of nitrogens with one attached hydrogen (secondary N) is 1. The summed E-state index contributed by atoms with van der Waals surface area (Å²) in [5, 5.41) is 6.01. The van der Waals surface area contributed by atoms with E-state index < -0.39 is 12.2 Å². The molecular weight excluding hydrogens is 695 g/mol. The first-order valence-electron chi connectivity index (χ1n) is 16.9. The van der Waals surface area contributed by atoms with Crippen LogP contribution in [0.3, 0.4) is 0 Å². The largest absolute Gasteiger partial charge is 0.497 e. The minimum Gasteiger partial charge on any atom is -0.497 e. The third kappa shape index (κ3) is 10.2. The minimum atomic E-state index is -0.504. The van der Waals surface area contributed by atoms with E-state index in [0.29, 0.717) is 37.5 Å². The molecule has 0 unspecified atom stereocenters. The summed E-state index contributed by atoms with van der Waals surface area (Å²) in [7, 11) is 3.06. The molecule has 2 heterocycles. The number of aromatic nitrogens is 2. The minimum absolute atomic E-state index is 0.141. The number of fused-ring (bicyclic) bond motifs is 1. The van der Waals surface area contributed by atoms with Gasteiger partial charge in [-0.1, -0.05) is 78.9 Å². The molecule has 0 spiro atoms. The van der Waals surface area contributed by atoms with Crippen LogP contribution in [0.5, 0.6) is 5.75 Å². The van der Waals surface area contributed by atoms with Gasteiger partial charge in [0.25, 0.3) is 0 Å². The molecule has 6 aromatic rings. The third-order valence-corrected chi connectivity index (χ3v) is 10.2. The third-order valence-electron chi connectivity index (χ3n) is 8.65. The van der Waals surface area contributed by atoms with E-state index in [4.69, 9.17) is 14.2 Å². The van der Waals surface area contributed by atoms with Crippen molar-refractivity contribution < 1.29 is 23.8 Å². The second-order valence-corrected chi connectivity index (χ2v) is 14.2. The predicted molar refractivity (Wildman–Crippen MR) is 206 cm³/mol. The molecular formula is C40H41N5O5S2. The molecule has 12 heteroatoms. The molecule has 2 amide bonds. The summed E-state index contributed by atoms with van der Waals surface area (Å²) < 4.78 is 16.4. The van der Waals surface area contributed by atoms with E-state index in [9.17, 15) is 9.59 Å². The SMILES string of the molecule is COC(=O)N(c1cncs1)[C@@H](Cc1ccccc1)CN(Cc1ccc2cc(OC)ccc2c1)C[C@@H](Cc1ccccc1)NC(=O)OCc1cncs1. The summed E-state index contributed by atoms with van der Waals surface area (Å²) in [6.45, 7) is 1.62. The van der Waals surface area contributed by atoms with Crippen molar-refractivity contribution in [1.82, 2.24) is 20.2 Å². The monoisotopic (exact) mass is 735 g/mol. The van der Waals surface area contributed by atoms with Gasteiger partial charge in [0, 0.05) is 31.9 Å². The Morgan fingerprint density at radius 2 is 1.46 bits per heavy atom. The Bertz CT molecular complexity index is 2000. The summed E-state index contributed by atoms with van der Waals surface area (Å²) in [4.78, 5) is 40.0. The summed E-state index contributed by atoms with van der Waals surface area (Å²) >= 11 is 2.82. The number of amides is 2. The number of rotatable bonds is 16. The zero-order valence-electron chi connectivity index (χ0n) is 29.1. The van der Waals surface area contributed by atoms with Gasteiger partial charge in [-0.2, -0.15) is 0 Å². The van der Waals surface area contributed by atoms with Crippen LogP contribution >= 0.6 is 22.7 Å². The topological polar surface area (TPSA) is 106 Å². The fraction of sp³-hybridized carbons (Fsp3) is 0.250. The normalized spacial score (nSPS) is 12.3. The van der Waals surface area contributed by atoms with E-state index in [1.807, 2.05) is 48.5 Å². The molecule has 52 heavy (non-hydrogen) atoms. The number of carbonyl (C=O) groups is 2. The lowest BCUT2D eigenvalue weighted by Crippen LogP contribution is -2.51. The van der Waals surface area contributed by atoms with Crippen LogP contribution in [0.2, 0.25) is 0 Å². The van der Waals surface area contributed by atoms with Crippen LogP contribution in [-0.2, 0) is 35.5 Å². The van der Waals surface area contributed by atoms with Gasteiger partial charge in [-0.25, -0.2) is 9.59 Å². The summed E-state index contributed by atoms with van der Waals surface area (Å²) in [6, 6.07) is 32.0. The first kappa shape index (κ1) is 36.5. The lowest BCUT2D eigenvalue weighted by Gasteiger charge is -2.36. The van der Waals surface area contributed by atoms with Crippen molar-refractivity contribution in [1.29, 1.82) is 0 Å². The molecule has 6 rings (SSSR count). The Hall–Kier alpha value is -5.30. The van der Waals surface area contributed by atoms with Crippen molar-refractivity contribution in [3.8, 4) is 5.75 Å². The second-order valence-electron chi connectivity index (χ2n) is 12.3. The molecule has 268 valence electrons. The smallest absolute Gasteiger partial charge is 0.415 e. The first-order valence-corrected chi connectivity index (χ1v) is 18.7. The average Bonchev–Trinajstić information content (AvgIpc) is 3.90. The predicted octanol–water partition coefficient (Wildman–Crippen LogP) is 7.99. The van der Waals surface area contributed by atoms with Gasteiger partial charge in [0.2, 0.25) is 0 Å². The highest BCUT2D eigenvalue weighted by atomic mass is 32.1. The van der Waals surface area contributed by atoms with Crippen LogP contribution < -0.4 is 15.0 Å². The van der Waals surface area contributed by atoms with Crippen LogP contribution in [0.1, 0.15) is 21.6 Å². The highest BCUT2D eigenvalue weighted by Gasteiger charge is 2.31. The van der Waals surface area contributed by atoms with E-state index in [-0.39, 0.29) is 18.7 Å². The van der Waals surface area contributed by atoms with Crippen molar-refractivity contribution in [3.63, 3.8) is 0 Å². The van der Waals surface area contributed by atoms with Crippen LogP contribution in [-0.4, -0.2) is 66.4 Å². The van der Waals surface area contributed by atoms with Crippen molar-refractivity contribution in [2.45, 2.75) is 38.1 Å². The molecule has 4 aromatic carbocycles. The molecule has 0 fully saturated rings. The summed E-state index contributed by atoms with van der Waals surface area (Å²) in [6.07, 6.45) is 3.56. The molecule has 2 aromatic heterocycles. The summed E-state index contributed by atoms with van der Waals surface area (Å²) in [5.41, 5.74) is 6.67. The van der Waals surface area contributed by atoms with Crippen LogP contribution in [0.15, 0.2) is 120 Å². The highest BCUT2D eigenvalue weighted by Crippen LogP contribution is 2.27. The van der Waals surface area contributed by atoms with Crippen molar-refractivity contribution in [3.05, 3.63) is 142 Å². The second kappa shape index (κ2) is 18.3. The molecule has 10 nitrogen and oxygen atoms in total. The van der Waals surface area contributed by atoms with Crippen LogP contribution in [0.4, 0.5) is 14.6 Å². The van der Waals surface area contributed by atoms with Gasteiger partial charge >= 0.3 is 12.2 Å². The van der Waals surface area contributed by atoms with E-state index in [1.54, 1.807) is 35.4 Å². The number of anilines is 1. The molecule has 1 N–H and O–H groups in total. The van der Waals surface area contributed by atoms with Gasteiger partial charge < -0.3 is 19.5 Å². The van der Waals surface area contributed by atoms with Gasteiger partial charge in [0.15, 0.2) is 0 Å². The van der Waals surface area contributed by atoms with Gasteiger partial charge in [-0.15, -0.1) is 22.7 Å². The number of benzene rings is 4. The van der Waals surface area contributed by atoms with E-state index in [2.05, 4.69) is 68.7 Å². The van der Waals surface area contributed by atoms with Crippen LogP contribution in [0, 0.1) is 0 Å². The van der Waals surface area contributed by atoms with E-state index in [0.717, 1.165) is 38.1 Å². The maximum Gasteiger partial charge on any atom is 0.415 e. The zero-order chi connectivity index (χ0) is 36.1. The molecule has 2 atom stereocenters. The standard InChI is InChI=1S/C40H41N5O5S2/c1-48-36-16-15-32-17-31(13-14-33(32)20-36)23-44(24-34(18-29-9-5-3-6-10-29)43-39(46)50-26-37-21-41-27-51-37)25-35(19-30-11-7-4-8-12-30)45(40(47)49-2)38-22-42-28-52-38/h3-17,20-22,27-28,34-35H,18-19,23-26H2,1-2H3,(H,43,46)/t34-,35+/m1/s1. The lowest BCUT2D eigenvalue weighted by atomic mass is 10.0. The fourth-order valence-corrected chi connectivity index (χ4v) is 7.45. The molecule has 0 saturated carbocycles. The molecule has 0 aliphatic carbocycles. The van der Waals surface area contributed by atoms with Crippen molar-refractivity contribution in [2.24, 2.45) is 0 Å². The van der Waals surface area contributed by atoms with Crippen molar-refractivity contribution in [2.75, 3.05) is 32.2 Å². The Morgan fingerprint density at radius 1 is 0.769 bits per heavy atom. The Kier molecular flexibility index (Phi) is 12.8. The van der Waals surface area contributed by atoms with Gasteiger partial charge in [-0.3, -0.25) is 19.8 Å². The Balaban J connectivity index is 1.34. The number of nitrogens with zero attached hydrogens (tertiary/aromatic N) is 4. The van der Waals surface area contributed by atoms with Gasteiger partial charge in [0.05, 0.1) is 42.4 Å². The summed E-state index contributed by atoms with van der Waals surface area (Å²) in [5.74, 6) is 0.800. The maximum absolute atomic E-state index is 13.5. The quantitative estimate of drug-likeness (QED) is 0.107. The Labute approximate surface area is 311 Å². The lowest BCUT2D eigenvalue weighted by molar-refractivity contribution is 0.130. The average molecular weight is 736 g/mol. The zero-order valence-corrected chi connectivity index (χ0v) is 30.7. The number of alkyl carbamates (subject to hydrolysis) is 1. The molecule has 0 aliphatic rings. The first-order chi connectivity index (χ1) is 25.5. The Morgan fingerprint density at radius 3 is 2.13 bits per heavy atom. The molecule has 0 saturated heterocycles. The fourth-order valence-electron chi connectivity index (χ4n) is 6.26. The number of hydrogen-bond acceptors (Lipinski definition) is 10. The van der Waals surface area contributed by atoms with Gasteiger partial charge in [-0.05, 0) is 58.5 Å². The number of hydrogen-bond donors (Lipinski definition) is 1. The van der Waals surface area contributed by atoms with E-state index >= 15 is 0 Å². The maximum atomic E-state index is 13.5. The molecule has 0 aliphatic heterocycles. The van der Waals surface area contributed by atoms with Crippen molar-refractivity contribution >= 4 is 50.6 Å². The number of carbonyl (C=O) groups excluding carboxylic acids is 2. The van der Waals surface area contributed by atoms with Gasteiger partial charge in [0.1, 0.15) is 17.4 Å². The number of thiazole rings is 2. The molecule has 0 bridgehead atoms. The highest BCUT2D eigenvalue weighted by molar-refractivity contribution is 7.14. The number of methoxy groups -OCH3 is 2. The van der Waals surface area contributed by atoms with Crippen LogP contribution in [0.25, 0.3) is 10.8 Å². The van der Waals surface area contributed by atoms with E-state index in [1.165, 1.54) is 29.8 Å². The number of ether oxygens (including phenoxy) is 3.